The third-order valence-corrected chi connectivity index (χ3v) is 4.38. The summed E-state index contributed by atoms with van der Waals surface area (Å²) in [5, 5.41) is 9.31. The lowest BCUT2D eigenvalue weighted by molar-refractivity contribution is 0.0963. The van der Waals surface area contributed by atoms with Gasteiger partial charge in [-0.2, -0.15) is 0 Å². The molecule has 3 N–H and O–H groups in total. The molecule has 0 saturated heterocycles. The lowest BCUT2D eigenvalue weighted by Gasteiger charge is -2.17. The molecule has 2 rings (SSSR count). The van der Waals surface area contributed by atoms with Crippen LogP contribution >= 0.6 is 24.0 Å². The topological polar surface area (TPSA) is 74.8 Å². The van der Waals surface area contributed by atoms with Crippen LogP contribution < -0.4 is 20.7 Å². The van der Waals surface area contributed by atoms with Crippen molar-refractivity contribution in [3.8, 4) is 5.75 Å². The molecule has 30 heavy (non-hydrogen) atoms. The fourth-order valence-electron chi connectivity index (χ4n) is 2.91. The molecule has 6 nitrogen and oxygen atoms in total. The normalized spacial score (nSPS) is 10.9. The molecule has 0 saturated carbocycles. The number of rotatable bonds is 8. The van der Waals surface area contributed by atoms with Crippen LogP contribution in [0.4, 0.5) is 0 Å². The standard InChI is InChI=1S/C23H32N4O2.HI/c1-16(2)29-21-13-17(3)9-10-20(21)15-27-23(25-5)26-12-11-18-7-6-8-19(14-18)22(28)24-4;/h6-10,13-14,16H,11-12,15H2,1-5H3,(H,24,28)(H2,25,26,27);1H. The van der Waals surface area contributed by atoms with E-state index in [1.54, 1.807) is 14.1 Å². The van der Waals surface area contributed by atoms with E-state index in [9.17, 15) is 4.79 Å². The number of aliphatic imine (C=N–C) groups is 1. The largest absolute Gasteiger partial charge is 0.491 e. The average molecular weight is 524 g/mol. The van der Waals surface area contributed by atoms with Crippen molar-refractivity contribution in [3.05, 3.63) is 64.7 Å². The second-order valence-electron chi connectivity index (χ2n) is 7.16. The second-order valence-corrected chi connectivity index (χ2v) is 7.16. The van der Waals surface area contributed by atoms with Gasteiger partial charge in [0.2, 0.25) is 0 Å². The summed E-state index contributed by atoms with van der Waals surface area (Å²) < 4.78 is 5.94. The molecule has 0 aromatic heterocycles. The Morgan fingerprint density at radius 1 is 1.13 bits per heavy atom. The Morgan fingerprint density at radius 3 is 2.57 bits per heavy atom. The maximum absolute atomic E-state index is 11.8. The van der Waals surface area contributed by atoms with E-state index >= 15 is 0 Å². The van der Waals surface area contributed by atoms with Gasteiger partial charge in [-0.25, -0.2) is 0 Å². The van der Waals surface area contributed by atoms with Crippen molar-refractivity contribution >= 4 is 35.8 Å². The highest BCUT2D eigenvalue weighted by atomic mass is 127. The highest BCUT2D eigenvalue weighted by Gasteiger charge is 2.08. The van der Waals surface area contributed by atoms with Gasteiger partial charge in [-0.3, -0.25) is 9.79 Å². The van der Waals surface area contributed by atoms with Crippen LogP contribution in [0.1, 0.15) is 40.9 Å². The maximum Gasteiger partial charge on any atom is 0.251 e. The van der Waals surface area contributed by atoms with Crippen LogP contribution in [0.2, 0.25) is 0 Å². The van der Waals surface area contributed by atoms with E-state index in [4.69, 9.17) is 4.74 Å². The number of amides is 1. The van der Waals surface area contributed by atoms with Crippen molar-refractivity contribution in [1.29, 1.82) is 0 Å². The first-order valence-corrected chi connectivity index (χ1v) is 9.94. The van der Waals surface area contributed by atoms with Gasteiger partial charge in [0.05, 0.1) is 6.10 Å². The number of nitrogens with zero attached hydrogens (tertiary/aromatic N) is 1. The van der Waals surface area contributed by atoms with Gasteiger partial charge in [-0.05, 0) is 56.5 Å². The second kappa shape index (κ2) is 13.1. The lowest BCUT2D eigenvalue weighted by atomic mass is 10.1. The maximum atomic E-state index is 11.8. The Hall–Kier alpha value is -2.29. The SMILES string of the molecule is CN=C(NCCc1cccc(C(=O)NC)c1)NCc1ccc(C)cc1OC(C)C.I. The quantitative estimate of drug-likeness (QED) is 0.280. The van der Waals surface area contributed by atoms with Gasteiger partial charge >= 0.3 is 0 Å². The Bertz CT molecular complexity index is 853. The smallest absolute Gasteiger partial charge is 0.251 e. The zero-order chi connectivity index (χ0) is 21.2. The van der Waals surface area contributed by atoms with E-state index in [0.717, 1.165) is 29.3 Å². The fraction of sp³-hybridized carbons (Fsp3) is 0.391. The van der Waals surface area contributed by atoms with Crippen LogP contribution in [0.15, 0.2) is 47.5 Å². The van der Waals surface area contributed by atoms with Crippen LogP contribution in [0.5, 0.6) is 5.75 Å². The van der Waals surface area contributed by atoms with Gasteiger partial charge in [0.15, 0.2) is 5.96 Å². The number of guanidine groups is 1. The summed E-state index contributed by atoms with van der Waals surface area (Å²) in [6.45, 7) is 7.44. The van der Waals surface area contributed by atoms with E-state index in [0.29, 0.717) is 18.7 Å². The number of carbonyl (C=O) groups is 1. The van der Waals surface area contributed by atoms with E-state index in [1.165, 1.54) is 5.56 Å². The molecule has 2 aromatic carbocycles. The van der Waals surface area contributed by atoms with Crippen molar-refractivity contribution in [2.24, 2.45) is 4.99 Å². The number of aryl methyl sites for hydroxylation is 1. The first-order valence-electron chi connectivity index (χ1n) is 9.94. The number of hydrogen-bond donors (Lipinski definition) is 3. The molecule has 164 valence electrons. The van der Waals surface area contributed by atoms with Gasteiger partial charge in [0.25, 0.3) is 5.91 Å². The third kappa shape index (κ3) is 8.22. The Kier molecular flexibility index (Phi) is 11.2. The van der Waals surface area contributed by atoms with Gasteiger partial charge in [0, 0.05) is 38.3 Å². The number of nitrogens with one attached hydrogen (secondary N) is 3. The summed E-state index contributed by atoms with van der Waals surface area (Å²) in [4.78, 5) is 16.1. The predicted molar refractivity (Wildman–Crippen MR) is 134 cm³/mol. The van der Waals surface area contributed by atoms with Gasteiger partial charge in [-0.1, -0.05) is 24.3 Å². The molecule has 0 heterocycles. The summed E-state index contributed by atoms with van der Waals surface area (Å²) in [5.74, 6) is 1.55. The lowest BCUT2D eigenvalue weighted by Crippen LogP contribution is -2.38. The summed E-state index contributed by atoms with van der Waals surface area (Å²) in [6.07, 6.45) is 0.913. The van der Waals surface area contributed by atoms with E-state index in [2.05, 4.69) is 46.1 Å². The minimum absolute atomic E-state index is 0. The molecule has 0 bridgehead atoms. The molecular weight excluding hydrogens is 491 g/mol. The molecule has 1 amide bonds. The number of carbonyl (C=O) groups excluding carboxylic acids is 1. The van der Waals surface area contributed by atoms with Gasteiger partial charge in [-0.15, -0.1) is 24.0 Å². The van der Waals surface area contributed by atoms with Crippen LogP contribution in [0.25, 0.3) is 0 Å². The molecule has 0 spiro atoms. The molecule has 7 heteroatoms. The van der Waals surface area contributed by atoms with Crippen molar-refractivity contribution in [1.82, 2.24) is 16.0 Å². The van der Waals surface area contributed by atoms with Gasteiger partial charge < -0.3 is 20.7 Å². The Balaban J connectivity index is 0.00000450. The van der Waals surface area contributed by atoms with Gasteiger partial charge in [0.1, 0.15) is 5.75 Å². The van der Waals surface area contributed by atoms with Crippen LogP contribution in [0.3, 0.4) is 0 Å². The number of ether oxygens (including phenoxy) is 1. The highest BCUT2D eigenvalue weighted by Crippen LogP contribution is 2.21. The fourth-order valence-corrected chi connectivity index (χ4v) is 2.91. The monoisotopic (exact) mass is 524 g/mol. The molecule has 0 fully saturated rings. The first kappa shape index (κ1) is 25.7. The molecular formula is C23H33IN4O2. The van der Waals surface area contributed by atoms with Crippen LogP contribution in [-0.4, -0.2) is 38.6 Å². The molecule has 0 aliphatic rings. The number of halogens is 1. The third-order valence-electron chi connectivity index (χ3n) is 4.38. The Labute approximate surface area is 196 Å². The summed E-state index contributed by atoms with van der Waals surface area (Å²) in [5.41, 5.74) is 4.03. The summed E-state index contributed by atoms with van der Waals surface area (Å²) >= 11 is 0. The van der Waals surface area contributed by atoms with Crippen molar-refractivity contribution < 1.29 is 9.53 Å². The molecule has 0 atom stereocenters. The zero-order valence-corrected chi connectivity index (χ0v) is 20.7. The molecule has 0 unspecified atom stereocenters. The zero-order valence-electron chi connectivity index (χ0n) is 18.4. The Morgan fingerprint density at radius 2 is 1.90 bits per heavy atom. The summed E-state index contributed by atoms with van der Waals surface area (Å²) in [7, 11) is 3.39. The molecule has 0 aliphatic carbocycles. The van der Waals surface area contributed by atoms with E-state index < -0.39 is 0 Å². The predicted octanol–water partition coefficient (Wildman–Crippen LogP) is 3.67. The average Bonchev–Trinajstić information content (AvgIpc) is 2.70. The minimum atomic E-state index is -0.0743. The van der Waals surface area contributed by atoms with Crippen molar-refractivity contribution in [2.45, 2.75) is 39.8 Å². The summed E-state index contributed by atoms with van der Waals surface area (Å²) in [6, 6.07) is 13.9. The first-order chi connectivity index (χ1) is 13.9. The van der Waals surface area contributed by atoms with E-state index in [1.807, 2.05) is 38.1 Å². The van der Waals surface area contributed by atoms with Crippen LogP contribution in [-0.2, 0) is 13.0 Å². The molecule has 2 aromatic rings. The highest BCUT2D eigenvalue weighted by molar-refractivity contribution is 14.0. The van der Waals surface area contributed by atoms with Crippen molar-refractivity contribution in [3.63, 3.8) is 0 Å². The molecule has 0 aliphatic heterocycles. The number of hydrogen-bond acceptors (Lipinski definition) is 3. The van der Waals surface area contributed by atoms with Crippen LogP contribution in [0, 0.1) is 6.92 Å². The van der Waals surface area contributed by atoms with E-state index in [-0.39, 0.29) is 36.0 Å². The minimum Gasteiger partial charge on any atom is -0.491 e. The number of benzene rings is 2. The molecule has 0 radical (unpaired) electrons. The van der Waals surface area contributed by atoms with Crippen molar-refractivity contribution in [2.75, 3.05) is 20.6 Å².